The van der Waals surface area contributed by atoms with Crippen molar-refractivity contribution < 1.29 is 4.79 Å². The molecule has 138 valence electrons. The largest absolute Gasteiger partial charge is 0.335 e. The average Bonchev–Trinajstić information content (AvgIpc) is 3.34. The number of hydrogen-bond acceptors (Lipinski definition) is 3. The third-order valence-electron chi connectivity index (χ3n) is 7.53. The van der Waals surface area contributed by atoms with Crippen LogP contribution in [0.4, 0.5) is 0 Å². The molecule has 4 aliphatic rings. The Balaban J connectivity index is 1.38. The Morgan fingerprint density at radius 3 is 2.77 bits per heavy atom. The summed E-state index contributed by atoms with van der Waals surface area (Å²) in [5.74, 6) is 1.79. The van der Waals surface area contributed by atoms with Gasteiger partial charge in [-0.15, -0.1) is 0 Å². The molecule has 1 aliphatic heterocycles. The van der Waals surface area contributed by atoms with Crippen LogP contribution < -0.4 is 0 Å². The van der Waals surface area contributed by atoms with Crippen LogP contribution in [0.1, 0.15) is 37.7 Å². The van der Waals surface area contributed by atoms with Gasteiger partial charge >= 0.3 is 0 Å². The smallest absolute Gasteiger partial charge is 0.226 e. The third kappa shape index (κ3) is 2.61. The van der Waals surface area contributed by atoms with Crippen LogP contribution in [0.15, 0.2) is 36.7 Å². The first-order valence-electron chi connectivity index (χ1n) is 10.2. The fraction of sp³-hybridized carbons (Fsp3) is 0.636. The van der Waals surface area contributed by atoms with Crippen molar-refractivity contribution in [3.63, 3.8) is 0 Å². The van der Waals surface area contributed by atoms with E-state index in [0.29, 0.717) is 35.7 Å². The second kappa shape index (κ2) is 6.19. The summed E-state index contributed by atoms with van der Waals surface area (Å²) in [4.78, 5) is 22.6. The Hall–Kier alpha value is -1.68. The van der Waals surface area contributed by atoms with Crippen LogP contribution in [-0.2, 0) is 11.3 Å². The summed E-state index contributed by atoms with van der Waals surface area (Å²) in [5, 5.41) is 0. The quantitative estimate of drug-likeness (QED) is 0.782. The number of amides is 1. The number of allylic oxidation sites excluding steroid dienone is 2. The van der Waals surface area contributed by atoms with Crippen LogP contribution in [0.2, 0.25) is 0 Å². The van der Waals surface area contributed by atoms with E-state index in [9.17, 15) is 4.79 Å². The summed E-state index contributed by atoms with van der Waals surface area (Å²) < 4.78 is 0. The number of hydrogen-bond donors (Lipinski definition) is 0. The Morgan fingerprint density at radius 1 is 1.31 bits per heavy atom. The minimum atomic E-state index is 0.212. The van der Waals surface area contributed by atoms with Gasteiger partial charge in [-0.25, -0.2) is 0 Å². The van der Waals surface area contributed by atoms with Crippen molar-refractivity contribution in [2.45, 2.75) is 44.7 Å². The predicted molar refractivity (Wildman–Crippen MR) is 101 cm³/mol. The van der Waals surface area contributed by atoms with E-state index in [0.717, 1.165) is 37.9 Å². The predicted octanol–water partition coefficient (Wildman–Crippen LogP) is 3.11. The van der Waals surface area contributed by atoms with Gasteiger partial charge in [0.25, 0.3) is 0 Å². The zero-order chi connectivity index (χ0) is 17.7. The van der Waals surface area contributed by atoms with Crippen LogP contribution >= 0.6 is 0 Å². The van der Waals surface area contributed by atoms with Gasteiger partial charge in [-0.05, 0) is 81.1 Å². The van der Waals surface area contributed by atoms with Crippen LogP contribution in [0, 0.1) is 23.2 Å². The van der Waals surface area contributed by atoms with Crippen LogP contribution in [0.5, 0.6) is 0 Å². The van der Waals surface area contributed by atoms with Gasteiger partial charge in [0.1, 0.15) is 0 Å². The van der Waals surface area contributed by atoms with E-state index in [1.807, 2.05) is 18.5 Å². The first kappa shape index (κ1) is 16.5. The van der Waals surface area contributed by atoms with E-state index in [4.69, 9.17) is 0 Å². The van der Waals surface area contributed by atoms with Crippen LogP contribution in [0.3, 0.4) is 0 Å². The second-order valence-corrected chi connectivity index (χ2v) is 8.95. The fourth-order valence-electron chi connectivity index (χ4n) is 5.85. The van der Waals surface area contributed by atoms with Crippen molar-refractivity contribution in [3.8, 4) is 0 Å². The number of aromatic nitrogens is 1. The molecule has 1 amide bonds. The van der Waals surface area contributed by atoms with E-state index in [1.165, 1.54) is 12.8 Å². The molecule has 0 unspecified atom stereocenters. The molecule has 4 heteroatoms. The van der Waals surface area contributed by atoms with Gasteiger partial charge in [-0.2, -0.15) is 0 Å². The maximum absolute atomic E-state index is 13.7. The molecular weight excluding hydrogens is 322 g/mol. The lowest BCUT2D eigenvalue weighted by molar-refractivity contribution is -0.140. The number of rotatable bonds is 4. The van der Waals surface area contributed by atoms with Crippen molar-refractivity contribution in [2.75, 3.05) is 20.1 Å². The topological polar surface area (TPSA) is 36.4 Å². The summed E-state index contributed by atoms with van der Waals surface area (Å²) in [6.45, 7) is 2.88. The molecule has 0 radical (unpaired) electrons. The molecular formula is C22H29N3O. The molecule has 2 saturated carbocycles. The van der Waals surface area contributed by atoms with Crippen molar-refractivity contribution in [1.82, 2.24) is 14.8 Å². The molecule has 0 aromatic carbocycles. The summed E-state index contributed by atoms with van der Waals surface area (Å²) in [6, 6.07) is 4.45. The van der Waals surface area contributed by atoms with E-state index in [1.54, 1.807) is 0 Å². The number of pyridine rings is 1. The van der Waals surface area contributed by atoms with Gasteiger partial charge in [-0.3, -0.25) is 9.78 Å². The van der Waals surface area contributed by atoms with Crippen molar-refractivity contribution >= 4 is 5.91 Å². The Labute approximate surface area is 156 Å². The molecule has 3 fully saturated rings. The summed E-state index contributed by atoms with van der Waals surface area (Å²) in [6.07, 6.45) is 14.4. The average molecular weight is 351 g/mol. The lowest BCUT2D eigenvalue weighted by Gasteiger charge is -2.39. The fourth-order valence-corrected chi connectivity index (χ4v) is 5.85. The molecule has 1 saturated heterocycles. The molecule has 2 heterocycles. The van der Waals surface area contributed by atoms with Gasteiger partial charge in [-0.1, -0.05) is 18.2 Å². The lowest BCUT2D eigenvalue weighted by Crippen LogP contribution is -2.48. The maximum atomic E-state index is 13.7. The first-order chi connectivity index (χ1) is 12.7. The monoisotopic (exact) mass is 351 g/mol. The molecule has 3 aliphatic carbocycles. The zero-order valence-electron chi connectivity index (χ0n) is 15.7. The highest BCUT2D eigenvalue weighted by molar-refractivity contribution is 5.81. The molecule has 5 rings (SSSR count). The van der Waals surface area contributed by atoms with Gasteiger partial charge in [0, 0.05) is 30.9 Å². The zero-order valence-corrected chi connectivity index (χ0v) is 15.7. The molecule has 1 aromatic rings. The SMILES string of the molecule is CN1CCC(N(Cc2cccnc2)C(=O)[C@H]2C[C@H]3C=C[C@H]2C32CC2)CC1. The van der Waals surface area contributed by atoms with E-state index in [2.05, 4.69) is 40.0 Å². The third-order valence-corrected chi connectivity index (χ3v) is 7.53. The highest BCUT2D eigenvalue weighted by atomic mass is 16.2. The lowest BCUT2D eigenvalue weighted by atomic mass is 9.87. The summed E-state index contributed by atoms with van der Waals surface area (Å²) in [5.41, 5.74) is 1.63. The second-order valence-electron chi connectivity index (χ2n) is 8.95. The Morgan fingerprint density at radius 2 is 2.12 bits per heavy atom. The van der Waals surface area contributed by atoms with E-state index in [-0.39, 0.29) is 5.92 Å². The van der Waals surface area contributed by atoms with Crippen molar-refractivity contribution in [2.24, 2.45) is 23.2 Å². The highest BCUT2D eigenvalue weighted by Gasteiger charge is 2.64. The Kier molecular flexibility index (Phi) is 3.93. The number of nitrogens with zero attached hydrogens (tertiary/aromatic N) is 3. The molecule has 1 spiro atoms. The molecule has 4 nitrogen and oxygen atoms in total. The standard InChI is InChI=1S/C22H29N3O/c1-24-11-6-18(7-12-24)25(15-16-3-2-10-23-14-16)21(26)19-13-17-4-5-20(19)22(17)8-9-22/h2-5,10,14,17-20H,6-9,11-13,15H2,1H3/t17-,19+,20-/m1/s1. The summed E-state index contributed by atoms with van der Waals surface area (Å²) in [7, 11) is 2.18. The minimum absolute atomic E-state index is 0.212. The van der Waals surface area contributed by atoms with E-state index < -0.39 is 0 Å². The van der Waals surface area contributed by atoms with E-state index >= 15 is 0 Å². The molecule has 3 atom stereocenters. The first-order valence-corrected chi connectivity index (χ1v) is 10.2. The van der Waals surface area contributed by atoms with Crippen LogP contribution in [0.25, 0.3) is 0 Å². The number of carbonyl (C=O) groups is 1. The maximum Gasteiger partial charge on any atom is 0.226 e. The molecule has 1 aromatic heterocycles. The van der Waals surface area contributed by atoms with Gasteiger partial charge in [0.2, 0.25) is 5.91 Å². The highest BCUT2D eigenvalue weighted by Crippen LogP contribution is 2.70. The van der Waals surface area contributed by atoms with Gasteiger partial charge in [0.15, 0.2) is 0 Å². The summed E-state index contributed by atoms with van der Waals surface area (Å²) >= 11 is 0. The minimum Gasteiger partial charge on any atom is -0.335 e. The van der Waals surface area contributed by atoms with Gasteiger partial charge in [0.05, 0.1) is 0 Å². The molecule has 26 heavy (non-hydrogen) atoms. The van der Waals surface area contributed by atoms with Crippen molar-refractivity contribution in [3.05, 3.63) is 42.2 Å². The number of likely N-dealkylation sites (tertiary alicyclic amines) is 1. The van der Waals surface area contributed by atoms with Crippen LogP contribution in [-0.4, -0.2) is 46.9 Å². The van der Waals surface area contributed by atoms with Crippen molar-refractivity contribution in [1.29, 1.82) is 0 Å². The number of piperidine rings is 1. The molecule has 0 N–H and O–H groups in total. The normalized spacial score (nSPS) is 32.3. The Bertz CT molecular complexity index is 703. The molecule has 2 bridgehead atoms. The number of carbonyl (C=O) groups excluding carboxylic acids is 1. The van der Waals surface area contributed by atoms with Gasteiger partial charge < -0.3 is 9.80 Å².